The Bertz CT molecular complexity index is 713. The molecule has 128 valence electrons. The molecule has 5 nitrogen and oxygen atoms in total. The molecule has 1 N–H and O–H groups in total. The van der Waals surface area contributed by atoms with Crippen LogP contribution in [0.25, 0.3) is 0 Å². The molecule has 3 fully saturated rings. The Labute approximate surface area is 144 Å². The van der Waals surface area contributed by atoms with Gasteiger partial charge in [-0.05, 0) is 43.9 Å². The van der Waals surface area contributed by atoms with Crippen LogP contribution in [0, 0.1) is 11.7 Å². The van der Waals surface area contributed by atoms with Crippen molar-refractivity contribution in [3.63, 3.8) is 0 Å². The lowest BCUT2D eigenvalue weighted by Crippen LogP contribution is -2.45. The fourth-order valence-electron chi connectivity index (χ4n) is 4.63. The number of benzene rings is 1. The van der Waals surface area contributed by atoms with Crippen LogP contribution in [0.15, 0.2) is 18.2 Å². The average molecular weight is 353 g/mol. The summed E-state index contributed by atoms with van der Waals surface area (Å²) >= 11 is 5.71. The molecule has 0 spiro atoms. The van der Waals surface area contributed by atoms with Gasteiger partial charge in [0.05, 0.1) is 17.0 Å². The normalized spacial score (nSPS) is 32.8. The third-order valence-corrected chi connectivity index (χ3v) is 5.97. The first kappa shape index (κ1) is 15.8. The maximum absolute atomic E-state index is 13.7. The Hall–Kier alpha value is -1.66. The standard InChI is InChI=1S/C17H18ClFN2O3/c18-12-3-1-9(8-13(12)19)20-6-5-15(16(20)22)21-10-2-4-14(21)11(7-10)17(23)24/h1,3,8,10-11,14-15H,2,4-7H2,(H,23,24). The number of carbonyl (C=O) groups is 2. The first-order valence-electron chi connectivity index (χ1n) is 8.24. The Morgan fingerprint density at radius 1 is 1.29 bits per heavy atom. The van der Waals surface area contributed by atoms with E-state index in [2.05, 4.69) is 4.90 Å². The van der Waals surface area contributed by atoms with Gasteiger partial charge in [-0.2, -0.15) is 0 Å². The highest BCUT2D eigenvalue weighted by molar-refractivity contribution is 6.30. The van der Waals surface area contributed by atoms with E-state index in [1.165, 1.54) is 12.1 Å². The monoisotopic (exact) mass is 352 g/mol. The molecule has 2 bridgehead atoms. The Kier molecular flexibility index (Phi) is 3.77. The first-order chi connectivity index (χ1) is 11.5. The van der Waals surface area contributed by atoms with Crippen molar-refractivity contribution >= 4 is 29.2 Å². The van der Waals surface area contributed by atoms with Crippen LogP contribution >= 0.6 is 11.6 Å². The summed E-state index contributed by atoms with van der Waals surface area (Å²) in [4.78, 5) is 28.0. The molecule has 0 saturated carbocycles. The van der Waals surface area contributed by atoms with Crippen LogP contribution < -0.4 is 4.90 Å². The molecular weight excluding hydrogens is 335 g/mol. The number of rotatable bonds is 3. The van der Waals surface area contributed by atoms with Gasteiger partial charge in [-0.3, -0.25) is 14.5 Å². The van der Waals surface area contributed by atoms with Gasteiger partial charge in [-0.25, -0.2) is 4.39 Å². The van der Waals surface area contributed by atoms with Crippen molar-refractivity contribution in [2.75, 3.05) is 11.4 Å². The van der Waals surface area contributed by atoms with Gasteiger partial charge in [0.2, 0.25) is 5.91 Å². The number of halogens is 2. The van der Waals surface area contributed by atoms with Crippen molar-refractivity contribution in [3.05, 3.63) is 29.0 Å². The molecule has 7 heteroatoms. The zero-order valence-corrected chi connectivity index (χ0v) is 13.7. The zero-order chi connectivity index (χ0) is 17.0. The smallest absolute Gasteiger partial charge is 0.308 e. The topological polar surface area (TPSA) is 60.9 Å². The molecule has 4 atom stereocenters. The van der Waals surface area contributed by atoms with E-state index in [9.17, 15) is 19.1 Å². The predicted octanol–water partition coefficient (Wildman–Crippen LogP) is 2.52. The van der Waals surface area contributed by atoms with E-state index in [4.69, 9.17) is 11.6 Å². The zero-order valence-electron chi connectivity index (χ0n) is 13.0. The number of anilines is 1. The molecule has 1 aromatic rings. The van der Waals surface area contributed by atoms with Crippen molar-refractivity contribution < 1.29 is 19.1 Å². The number of amides is 1. The molecule has 3 heterocycles. The second-order valence-electron chi connectivity index (χ2n) is 6.82. The largest absolute Gasteiger partial charge is 0.481 e. The van der Waals surface area contributed by atoms with Gasteiger partial charge in [-0.15, -0.1) is 0 Å². The van der Waals surface area contributed by atoms with E-state index in [1.807, 2.05) is 0 Å². The highest BCUT2D eigenvalue weighted by Gasteiger charge is 2.54. The van der Waals surface area contributed by atoms with Gasteiger partial charge in [0.25, 0.3) is 0 Å². The van der Waals surface area contributed by atoms with E-state index in [0.717, 1.165) is 12.8 Å². The van der Waals surface area contributed by atoms with Gasteiger partial charge in [-0.1, -0.05) is 11.6 Å². The number of fused-ring (bicyclic) bond motifs is 2. The van der Waals surface area contributed by atoms with Crippen LogP contribution in [-0.4, -0.2) is 46.6 Å². The van der Waals surface area contributed by atoms with Crippen molar-refractivity contribution in [3.8, 4) is 0 Å². The number of hydrogen-bond acceptors (Lipinski definition) is 3. The predicted molar refractivity (Wildman–Crippen MR) is 86.6 cm³/mol. The Morgan fingerprint density at radius 3 is 2.75 bits per heavy atom. The number of carbonyl (C=O) groups excluding carboxylic acids is 1. The quantitative estimate of drug-likeness (QED) is 0.908. The third-order valence-electron chi connectivity index (χ3n) is 5.66. The summed E-state index contributed by atoms with van der Waals surface area (Å²) < 4.78 is 13.7. The second kappa shape index (κ2) is 5.70. The molecule has 0 aliphatic carbocycles. The molecule has 1 aromatic carbocycles. The lowest BCUT2D eigenvalue weighted by atomic mass is 9.89. The Morgan fingerprint density at radius 2 is 2.08 bits per heavy atom. The number of hydrogen-bond donors (Lipinski definition) is 1. The van der Waals surface area contributed by atoms with Crippen molar-refractivity contribution in [2.24, 2.45) is 5.92 Å². The molecule has 3 aliphatic rings. The lowest BCUT2D eigenvalue weighted by molar-refractivity contribution is -0.143. The van der Waals surface area contributed by atoms with Crippen LogP contribution in [0.5, 0.6) is 0 Å². The first-order valence-corrected chi connectivity index (χ1v) is 8.62. The molecular formula is C17H18ClFN2O3. The van der Waals surface area contributed by atoms with Crippen molar-refractivity contribution in [1.29, 1.82) is 0 Å². The fourth-order valence-corrected chi connectivity index (χ4v) is 4.75. The van der Waals surface area contributed by atoms with Crippen LogP contribution in [0.4, 0.5) is 10.1 Å². The number of aliphatic carboxylic acids is 1. The summed E-state index contributed by atoms with van der Waals surface area (Å²) in [6.07, 6.45) is 3.05. The van der Waals surface area contributed by atoms with E-state index >= 15 is 0 Å². The minimum Gasteiger partial charge on any atom is -0.481 e. The number of carboxylic acids is 1. The third kappa shape index (κ3) is 2.31. The molecule has 3 saturated heterocycles. The highest BCUT2D eigenvalue weighted by Crippen LogP contribution is 2.45. The van der Waals surface area contributed by atoms with Crippen molar-refractivity contribution in [1.82, 2.24) is 4.90 Å². The van der Waals surface area contributed by atoms with E-state index < -0.39 is 11.8 Å². The van der Waals surface area contributed by atoms with E-state index in [1.54, 1.807) is 11.0 Å². The summed E-state index contributed by atoms with van der Waals surface area (Å²) in [7, 11) is 0. The minimum atomic E-state index is -0.769. The van der Waals surface area contributed by atoms with Gasteiger partial charge in [0.1, 0.15) is 5.82 Å². The SMILES string of the molecule is O=C(O)C1CC2CCC1N2C1CCN(c2ccc(Cl)c(F)c2)C1=O. The van der Waals surface area contributed by atoms with Gasteiger partial charge in [0.15, 0.2) is 0 Å². The molecule has 0 radical (unpaired) electrons. The second-order valence-corrected chi connectivity index (χ2v) is 7.23. The van der Waals surface area contributed by atoms with Gasteiger partial charge in [0, 0.05) is 24.3 Å². The summed E-state index contributed by atoms with van der Waals surface area (Å²) in [6.45, 7) is 0.512. The van der Waals surface area contributed by atoms with E-state index in [0.29, 0.717) is 25.1 Å². The minimum absolute atomic E-state index is 0.0313. The highest BCUT2D eigenvalue weighted by atomic mass is 35.5. The maximum Gasteiger partial charge on any atom is 0.308 e. The number of carboxylic acid groups (broad SMARTS) is 1. The Balaban J connectivity index is 1.56. The summed E-state index contributed by atoms with van der Waals surface area (Å²) in [5, 5.41) is 9.40. The maximum atomic E-state index is 13.7. The lowest BCUT2D eigenvalue weighted by Gasteiger charge is -2.28. The molecule has 0 aromatic heterocycles. The van der Waals surface area contributed by atoms with Gasteiger partial charge >= 0.3 is 5.97 Å². The van der Waals surface area contributed by atoms with Gasteiger partial charge < -0.3 is 10.0 Å². The summed E-state index contributed by atoms with van der Waals surface area (Å²) in [5.41, 5.74) is 0.505. The van der Waals surface area contributed by atoms with Crippen molar-refractivity contribution in [2.45, 2.75) is 43.8 Å². The van der Waals surface area contributed by atoms with Crippen LogP contribution in [0.2, 0.25) is 5.02 Å². The van der Waals surface area contributed by atoms with Crippen LogP contribution in [0.1, 0.15) is 25.7 Å². The average Bonchev–Trinajstić information content (AvgIpc) is 3.22. The molecule has 24 heavy (non-hydrogen) atoms. The summed E-state index contributed by atoms with van der Waals surface area (Å²) in [6, 6.07) is 4.19. The van der Waals surface area contributed by atoms with Crippen LogP contribution in [-0.2, 0) is 9.59 Å². The molecule has 1 amide bonds. The molecule has 4 rings (SSSR count). The summed E-state index contributed by atoms with van der Waals surface area (Å²) in [5.74, 6) is -1.76. The fraction of sp³-hybridized carbons (Fsp3) is 0.529. The molecule has 4 unspecified atom stereocenters. The number of nitrogens with zero attached hydrogens (tertiary/aromatic N) is 2. The molecule has 3 aliphatic heterocycles. The van der Waals surface area contributed by atoms with E-state index in [-0.39, 0.29) is 35.0 Å². The van der Waals surface area contributed by atoms with Crippen LogP contribution in [0.3, 0.4) is 0 Å².